The molecule has 0 aliphatic rings. The van der Waals surface area contributed by atoms with E-state index in [1.165, 1.54) is 22.3 Å². The molecule has 0 aromatic heterocycles. The number of rotatable bonds is 6. The maximum absolute atomic E-state index is 3.59. The molecule has 1 nitrogen and oxygen atoms in total. The summed E-state index contributed by atoms with van der Waals surface area (Å²) in [6.07, 6.45) is 0. The monoisotopic (exact) mass is 293 g/mol. The number of benzene rings is 2. The highest BCUT2D eigenvalue weighted by Gasteiger charge is 2.14. The Kier molecular flexibility index (Phi) is 5.97. The van der Waals surface area contributed by atoms with E-state index in [2.05, 4.69) is 93.7 Å². The van der Waals surface area contributed by atoms with Gasteiger partial charge in [-0.3, -0.25) is 0 Å². The lowest BCUT2D eigenvalue weighted by molar-refractivity contribution is 0.636. The molecule has 0 saturated heterocycles. The lowest BCUT2D eigenvalue weighted by Gasteiger charge is -2.21. The molecule has 2 aromatic carbocycles. The highest BCUT2D eigenvalue weighted by Crippen LogP contribution is 2.31. The Morgan fingerprint density at radius 1 is 0.773 bits per heavy atom. The van der Waals surface area contributed by atoms with Crippen molar-refractivity contribution in [3.63, 3.8) is 0 Å². The predicted molar refractivity (Wildman–Crippen MR) is 97.7 cm³/mol. The Bertz CT molecular complexity index is 594. The van der Waals surface area contributed by atoms with E-state index in [-0.39, 0.29) is 0 Å². The van der Waals surface area contributed by atoms with Crippen molar-refractivity contribution < 1.29 is 0 Å². The minimum atomic E-state index is 0.475. The Balaban J connectivity index is 2.55. The van der Waals surface area contributed by atoms with Crippen molar-refractivity contribution in [1.29, 1.82) is 0 Å². The zero-order chi connectivity index (χ0) is 15.9. The van der Waals surface area contributed by atoms with E-state index in [1.54, 1.807) is 0 Å². The second kappa shape index (κ2) is 7.95. The first kappa shape index (κ1) is 16.5. The van der Waals surface area contributed by atoms with Crippen molar-refractivity contribution in [3.05, 3.63) is 71.8 Å². The van der Waals surface area contributed by atoms with Crippen molar-refractivity contribution in [2.75, 3.05) is 6.54 Å². The van der Waals surface area contributed by atoms with E-state index in [9.17, 15) is 0 Å². The van der Waals surface area contributed by atoms with E-state index >= 15 is 0 Å². The average molecular weight is 293 g/mol. The predicted octanol–water partition coefficient (Wildman–Crippen LogP) is 5.25. The summed E-state index contributed by atoms with van der Waals surface area (Å²) in [4.78, 5) is 0. The maximum atomic E-state index is 3.59. The zero-order valence-corrected chi connectivity index (χ0v) is 14.1. The van der Waals surface area contributed by atoms with Crippen LogP contribution in [0.15, 0.2) is 60.7 Å². The Morgan fingerprint density at radius 2 is 1.27 bits per heavy atom. The van der Waals surface area contributed by atoms with Crippen molar-refractivity contribution in [1.82, 2.24) is 5.32 Å². The Hall–Kier alpha value is -1.86. The molecule has 116 valence electrons. The summed E-state index contributed by atoms with van der Waals surface area (Å²) >= 11 is 0. The van der Waals surface area contributed by atoms with Crippen LogP contribution < -0.4 is 5.32 Å². The van der Waals surface area contributed by atoms with Gasteiger partial charge in [0.05, 0.1) is 0 Å². The summed E-state index contributed by atoms with van der Waals surface area (Å²) in [6.45, 7) is 9.84. The second-order valence-electron chi connectivity index (χ2n) is 6.31. The van der Waals surface area contributed by atoms with Crippen molar-refractivity contribution in [2.45, 2.75) is 33.7 Å². The molecule has 0 fully saturated rings. The number of allylic oxidation sites excluding steroid dienone is 1. The smallest absolute Gasteiger partial charge is 0.0216 e. The van der Waals surface area contributed by atoms with Gasteiger partial charge in [0.15, 0.2) is 0 Å². The van der Waals surface area contributed by atoms with Crippen LogP contribution in [0.4, 0.5) is 0 Å². The van der Waals surface area contributed by atoms with Crippen molar-refractivity contribution >= 4 is 11.1 Å². The molecule has 0 aliphatic carbocycles. The first-order valence-corrected chi connectivity index (χ1v) is 8.17. The molecule has 22 heavy (non-hydrogen) atoms. The maximum Gasteiger partial charge on any atom is 0.0216 e. The fourth-order valence-electron chi connectivity index (χ4n) is 2.77. The molecule has 0 radical (unpaired) electrons. The van der Waals surface area contributed by atoms with E-state index in [4.69, 9.17) is 0 Å². The van der Waals surface area contributed by atoms with Gasteiger partial charge in [0.1, 0.15) is 0 Å². The molecule has 0 saturated carbocycles. The highest BCUT2D eigenvalue weighted by molar-refractivity contribution is 5.92. The van der Waals surface area contributed by atoms with Gasteiger partial charge in [-0.2, -0.15) is 0 Å². The standard InChI is InChI=1S/C21H27N/c1-16(2)21(19-13-9-6-10-14-19)20(15-22-17(3)4)18-11-7-5-8-12-18/h5-14,16-17,22H,15H2,1-4H3/b21-20-. The molecule has 0 atom stereocenters. The van der Waals surface area contributed by atoms with Gasteiger partial charge in [-0.15, -0.1) is 0 Å². The van der Waals surface area contributed by atoms with E-state index in [0.29, 0.717) is 12.0 Å². The SMILES string of the molecule is CC(C)NC/C(=C(/c1ccccc1)C(C)C)c1ccccc1. The first-order chi connectivity index (χ1) is 10.6. The Labute approximate surface area is 135 Å². The van der Waals surface area contributed by atoms with Crippen LogP contribution in [0.25, 0.3) is 11.1 Å². The van der Waals surface area contributed by atoms with Gasteiger partial charge in [-0.05, 0) is 28.2 Å². The third kappa shape index (κ3) is 4.32. The van der Waals surface area contributed by atoms with E-state index in [0.717, 1.165) is 6.54 Å². The first-order valence-electron chi connectivity index (χ1n) is 8.17. The lowest BCUT2D eigenvalue weighted by Crippen LogP contribution is -2.25. The van der Waals surface area contributed by atoms with Crippen molar-refractivity contribution in [2.24, 2.45) is 5.92 Å². The fourth-order valence-corrected chi connectivity index (χ4v) is 2.77. The van der Waals surface area contributed by atoms with Gasteiger partial charge in [0.25, 0.3) is 0 Å². The summed E-state index contributed by atoms with van der Waals surface area (Å²) in [7, 11) is 0. The lowest BCUT2D eigenvalue weighted by atomic mass is 9.87. The summed E-state index contributed by atoms with van der Waals surface area (Å²) < 4.78 is 0. The van der Waals surface area contributed by atoms with Gasteiger partial charge in [0, 0.05) is 12.6 Å². The van der Waals surface area contributed by atoms with Crippen LogP contribution in [0.1, 0.15) is 38.8 Å². The molecule has 0 unspecified atom stereocenters. The van der Waals surface area contributed by atoms with Crippen LogP contribution in [-0.2, 0) is 0 Å². The molecule has 1 N–H and O–H groups in total. The second-order valence-corrected chi connectivity index (χ2v) is 6.31. The summed E-state index contributed by atoms with van der Waals surface area (Å²) in [5.41, 5.74) is 5.46. The van der Waals surface area contributed by atoms with Crippen LogP contribution >= 0.6 is 0 Å². The van der Waals surface area contributed by atoms with Crippen molar-refractivity contribution in [3.8, 4) is 0 Å². The van der Waals surface area contributed by atoms with Gasteiger partial charge in [-0.25, -0.2) is 0 Å². The normalized spacial score (nSPS) is 12.6. The van der Waals surface area contributed by atoms with Gasteiger partial charge in [0.2, 0.25) is 0 Å². The van der Waals surface area contributed by atoms with E-state index < -0.39 is 0 Å². The minimum absolute atomic E-state index is 0.475. The number of nitrogens with one attached hydrogen (secondary N) is 1. The average Bonchev–Trinajstić information content (AvgIpc) is 2.52. The molecular weight excluding hydrogens is 266 g/mol. The number of hydrogen-bond donors (Lipinski definition) is 1. The topological polar surface area (TPSA) is 12.0 Å². The van der Waals surface area contributed by atoms with Gasteiger partial charge >= 0.3 is 0 Å². The largest absolute Gasteiger partial charge is 0.310 e. The Morgan fingerprint density at radius 3 is 1.73 bits per heavy atom. The van der Waals surface area contributed by atoms with Crippen LogP contribution in [0.5, 0.6) is 0 Å². The van der Waals surface area contributed by atoms with E-state index in [1.807, 2.05) is 0 Å². The van der Waals surface area contributed by atoms with Crippen LogP contribution in [0, 0.1) is 5.92 Å². The molecule has 0 amide bonds. The highest BCUT2D eigenvalue weighted by atomic mass is 14.9. The number of hydrogen-bond acceptors (Lipinski definition) is 1. The summed E-state index contributed by atoms with van der Waals surface area (Å²) in [6, 6.07) is 22.0. The fraction of sp³-hybridized carbons (Fsp3) is 0.333. The summed E-state index contributed by atoms with van der Waals surface area (Å²) in [5.74, 6) is 0.478. The zero-order valence-electron chi connectivity index (χ0n) is 14.1. The molecule has 0 spiro atoms. The van der Waals surface area contributed by atoms with Crippen LogP contribution in [0.2, 0.25) is 0 Å². The van der Waals surface area contributed by atoms with Crippen LogP contribution in [0.3, 0.4) is 0 Å². The molecule has 2 aromatic rings. The molecule has 2 rings (SSSR count). The summed E-state index contributed by atoms with van der Waals surface area (Å²) in [5, 5.41) is 3.59. The van der Waals surface area contributed by atoms with Gasteiger partial charge in [-0.1, -0.05) is 88.4 Å². The van der Waals surface area contributed by atoms with Crippen LogP contribution in [-0.4, -0.2) is 12.6 Å². The molecule has 0 aliphatic heterocycles. The van der Waals surface area contributed by atoms with Gasteiger partial charge < -0.3 is 5.32 Å². The minimum Gasteiger partial charge on any atom is -0.310 e. The molecular formula is C21H27N. The molecule has 1 heteroatoms. The molecule has 0 heterocycles. The third-order valence-electron chi connectivity index (χ3n) is 3.80. The third-order valence-corrected chi connectivity index (χ3v) is 3.80. The molecule has 0 bridgehead atoms. The quantitative estimate of drug-likeness (QED) is 0.717.